The van der Waals surface area contributed by atoms with Crippen LogP contribution in [0.5, 0.6) is 0 Å². The van der Waals surface area contributed by atoms with E-state index in [1.54, 1.807) is 19.6 Å². The fourth-order valence-electron chi connectivity index (χ4n) is 7.96. The number of ether oxygens (including phenoxy) is 1. The van der Waals surface area contributed by atoms with Crippen molar-refractivity contribution in [2.75, 3.05) is 13.7 Å². The molecule has 1 aromatic rings. The van der Waals surface area contributed by atoms with E-state index >= 15 is 0 Å². The number of ketones is 1. The van der Waals surface area contributed by atoms with Crippen LogP contribution in [0.15, 0.2) is 18.7 Å². The van der Waals surface area contributed by atoms with E-state index in [0.29, 0.717) is 30.8 Å². The highest BCUT2D eigenvalue weighted by atomic mass is 16.5. The third-order valence-electron chi connectivity index (χ3n) is 9.21. The Hall–Kier alpha value is -1.20. The second-order valence-electron chi connectivity index (χ2n) is 11.2. The molecule has 1 heterocycles. The molecule has 174 valence electrons. The normalized spacial score (nSPS) is 37.1. The highest BCUT2D eigenvalue weighted by Crippen LogP contribution is 2.62. The Morgan fingerprint density at radius 2 is 2.13 bits per heavy atom. The summed E-state index contributed by atoms with van der Waals surface area (Å²) < 4.78 is 7.29. The van der Waals surface area contributed by atoms with Gasteiger partial charge in [0.25, 0.3) is 0 Å². The summed E-state index contributed by atoms with van der Waals surface area (Å²) in [5.74, 6) is 3.44. The summed E-state index contributed by atoms with van der Waals surface area (Å²) in [5.41, 5.74) is -0.493. The summed E-state index contributed by atoms with van der Waals surface area (Å²) >= 11 is 0. The molecule has 3 aliphatic rings. The molecule has 0 amide bonds. The molecule has 0 aliphatic heterocycles. The predicted octanol–water partition coefficient (Wildman–Crippen LogP) is 4.88. The number of imidazole rings is 1. The molecule has 0 spiro atoms. The van der Waals surface area contributed by atoms with Crippen LogP contribution < -0.4 is 0 Å². The van der Waals surface area contributed by atoms with Crippen LogP contribution in [0.25, 0.3) is 0 Å². The number of rotatable bonds is 9. The molecule has 7 atom stereocenters. The molecular weight excluding hydrogens is 388 g/mol. The topological polar surface area (TPSA) is 64.3 Å². The third kappa shape index (κ3) is 4.64. The van der Waals surface area contributed by atoms with Gasteiger partial charge in [0.15, 0.2) is 5.78 Å². The zero-order chi connectivity index (χ0) is 22.1. The first-order valence-electron chi connectivity index (χ1n) is 12.6. The highest BCUT2D eigenvalue weighted by molar-refractivity contribution is 5.82. The molecule has 0 radical (unpaired) electrons. The lowest BCUT2D eigenvalue weighted by atomic mass is 9.53. The minimum Gasteiger partial charge on any atom is -0.387 e. The van der Waals surface area contributed by atoms with Crippen LogP contribution in [-0.2, 0) is 16.1 Å². The van der Waals surface area contributed by atoms with Crippen LogP contribution in [0.1, 0.15) is 78.1 Å². The summed E-state index contributed by atoms with van der Waals surface area (Å²) in [5, 5.41) is 11.1. The molecule has 3 saturated carbocycles. The molecule has 1 N–H and O–H groups in total. The van der Waals surface area contributed by atoms with Crippen molar-refractivity contribution in [3.63, 3.8) is 0 Å². The molecule has 0 bridgehead atoms. The van der Waals surface area contributed by atoms with Gasteiger partial charge in [-0.2, -0.15) is 0 Å². The van der Waals surface area contributed by atoms with Gasteiger partial charge in [0.2, 0.25) is 0 Å². The molecule has 0 aromatic carbocycles. The first kappa shape index (κ1) is 23.0. The molecule has 4 rings (SSSR count). The third-order valence-corrected chi connectivity index (χ3v) is 9.21. The number of fused-ring (bicyclic) bond motifs is 3. The van der Waals surface area contributed by atoms with Crippen molar-refractivity contribution in [3.05, 3.63) is 18.7 Å². The lowest BCUT2D eigenvalue weighted by Gasteiger charge is -2.52. The van der Waals surface area contributed by atoms with Crippen LogP contribution in [0.3, 0.4) is 0 Å². The Balaban J connectivity index is 1.39. The SMILES string of the molecule is CCC[C@](O)(COC)C[C@@H]1CC[C@@H]2[C@H](CC[C@]3(C)[C@@H](C(=O)Cn4ccnc4)CC[C@@H]23)C1. The zero-order valence-corrected chi connectivity index (χ0v) is 19.8. The van der Waals surface area contributed by atoms with Crippen molar-refractivity contribution in [2.45, 2.75) is 90.2 Å². The summed E-state index contributed by atoms with van der Waals surface area (Å²) in [4.78, 5) is 17.3. The largest absolute Gasteiger partial charge is 0.387 e. The molecule has 5 heteroatoms. The standard InChI is InChI=1S/C26H42N2O3/c1-4-10-26(30,17-31-3)15-19-5-6-21-20(14-19)9-11-25(2)22(21)7-8-23(25)24(29)16-28-13-12-27-18-28/h12-13,18-23,30H,4-11,14-17H2,1-3H3/t19-,20-,21-,22+,23-,25+,26-/m1/s1. The Morgan fingerprint density at radius 1 is 1.29 bits per heavy atom. The predicted molar refractivity (Wildman–Crippen MR) is 121 cm³/mol. The Kier molecular flexibility index (Phi) is 6.93. The van der Waals surface area contributed by atoms with E-state index < -0.39 is 5.60 Å². The fraction of sp³-hybridized carbons (Fsp3) is 0.846. The van der Waals surface area contributed by atoms with Crippen LogP contribution >= 0.6 is 0 Å². The smallest absolute Gasteiger partial charge is 0.156 e. The lowest BCUT2D eigenvalue weighted by molar-refractivity contribution is -0.130. The van der Waals surface area contributed by atoms with Gasteiger partial charge in [-0.25, -0.2) is 4.98 Å². The zero-order valence-electron chi connectivity index (χ0n) is 19.8. The number of carbonyl (C=O) groups excluding carboxylic acids is 1. The van der Waals surface area contributed by atoms with E-state index in [-0.39, 0.29) is 11.3 Å². The van der Waals surface area contributed by atoms with Gasteiger partial charge < -0.3 is 14.4 Å². The van der Waals surface area contributed by atoms with Gasteiger partial charge in [-0.1, -0.05) is 26.7 Å². The van der Waals surface area contributed by atoms with E-state index in [4.69, 9.17) is 4.74 Å². The highest BCUT2D eigenvalue weighted by Gasteiger charge is 2.56. The first-order valence-corrected chi connectivity index (χ1v) is 12.6. The van der Waals surface area contributed by atoms with Gasteiger partial charge >= 0.3 is 0 Å². The second kappa shape index (κ2) is 9.35. The maximum absolute atomic E-state index is 13.2. The van der Waals surface area contributed by atoms with Gasteiger partial charge in [0.1, 0.15) is 0 Å². The summed E-state index contributed by atoms with van der Waals surface area (Å²) in [6.07, 6.45) is 16.6. The van der Waals surface area contributed by atoms with Gasteiger partial charge in [-0.05, 0) is 80.5 Å². The molecule has 3 aliphatic carbocycles. The average Bonchev–Trinajstić information content (AvgIpc) is 3.35. The van der Waals surface area contributed by atoms with Gasteiger partial charge in [0, 0.05) is 25.4 Å². The summed E-state index contributed by atoms with van der Waals surface area (Å²) in [7, 11) is 1.70. The molecule has 0 unspecified atom stereocenters. The molecule has 3 fully saturated rings. The van der Waals surface area contributed by atoms with Crippen molar-refractivity contribution in [3.8, 4) is 0 Å². The Labute approximate surface area is 188 Å². The number of hydrogen-bond donors (Lipinski definition) is 1. The monoisotopic (exact) mass is 430 g/mol. The van der Waals surface area contributed by atoms with E-state index in [1.165, 1.54) is 38.5 Å². The number of nitrogens with zero attached hydrogens (tertiary/aromatic N) is 2. The second-order valence-corrected chi connectivity index (χ2v) is 11.2. The van der Waals surface area contributed by atoms with E-state index in [2.05, 4.69) is 18.8 Å². The van der Waals surface area contributed by atoms with Crippen LogP contribution in [0, 0.1) is 35.0 Å². The number of hydrogen-bond acceptors (Lipinski definition) is 4. The van der Waals surface area contributed by atoms with Crippen LogP contribution in [0.2, 0.25) is 0 Å². The maximum Gasteiger partial charge on any atom is 0.156 e. The number of aliphatic hydroxyl groups is 1. The maximum atomic E-state index is 13.2. The fourth-order valence-corrected chi connectivity index (χ4v) is 7.96. The average molecular weight is 431 g/mol. The molecule has 5 nitrogen and oxygen atoms in total. The van der Waals surface area contributed by atoms with E-state index in [1.807, 2.05) is 10.8 Å². The van der Waals surface area contributed by atoms with Crippen molar-refractivity contribution in [2.24, 2.45) is 35.0 Å². The van der Waals surface area contributed by atoms with Crippen LogP contribution in [0.4, 0.5) is 0 Å². The van der Waals surface area contributed by atoms with E-state index in [0.717, 1.165) is 37.5 Å². The lowest BCUT2D eigenvalue weighted by Crippen LogP contribution is -2.46. The van der Waals surface area contributed by atoms with Crippen molar-refractivity contribution < 1.29 is 14.6 Å². The van der Waals surface area contributed by atoms with Gasteiger partial charge in [-0.3, -0.25) is 4.79 Å². The number of carbonyl (C=O) groups is 1. The van der Waals surface area contributed by atoms with E-state index in [9.17, 15) is 9.90 Å². The quantitative estimate of drug-likeness (QED) is 0.606. The number of methoxy groups -OCH3 is 1. The molecular formula is C26H42N2O3. The van der Waals surface area contributed by atoms with Crippen LogP contribution in [-0.4, -0.2) is 39.8 Å². The Bertz CT molecular complexity index is 727. The summed E-state index contributed by atoms with van der Waals surface area (Å²) in [6, 6.07) is 0. The Morgan fingerprint density at radius 3 is 2.84 bits per heavy atom. The number of Topliss-reactive ketones (excluding diaryl/α,β-unsaturated/α-hetero) is 1. The van der Waals surface area contributed by atoms with Gasteiger partial charge in [0.05, 0.1) is 25.1 Å². The number of aromatic nitrogens is 2. The van der Waals surface area contributed by atoms with Crippen molar-refractivity contribution in [1.29, 1.82) is 0 Å². The molecule has 0 saturated heterocycles. The minimum absolute atomic E-state index is 0.171. The van der Waals surface area contributed by atoms with Crippen molar-refractivity contribution >= 4 is 5.78 Å². The van der Waals surface area contributed by atoms with Crippen molar-refractivity contribution in [1.82, 2.24) is 9.55 Å². The molecule has 31 heavy (non-hydrogen) atoms. The molecule has 1 aromatic heterocycles. The van der Waals surface area contributed by atoms with Gasteiger partial charge in [-0.15, -0.1) is 0 Å². The first-order chi connectivity index (χ1) is 14.9. The summed E-state index contributed by atoms with van der Waals surface area (Å²) in [6.45, 7) is 5.48. The minimum atomic E-state index is -0.664.